The van der Waals surface area contributed by atoms with Crippen molar-refractivity contribution in [2.45, 2.75) is 20.3 Å². The molecule has 1 N–H and O–H groups in total. The molecule has 1 aromatic rings. The fourth-order valence-electron chi connectivity index (χ4n) is 3.70. The van der Waals surface area contributed by atoms with E-state index >= 15 is 0 Å². The van der Waals surface area contributed by atoms with E-state index in [0.29, 0.717) is 61.1 Å². The second kappa shape index (κ2) is 8.27. The van der Waals surface area contributed by atoms with Crippen LogP contribution in [0.1, 0.15) is 30.6 Å². The Bertz CT molecular complexity index is 960. The van der Waals surface area contributed by atoms with Crippen molar-refractivity contribution in [2.75, 3.05) is 44.8 Å². The first-order valence-electron chi connectivity index (χ1n) is 9.91. The summed E-state index contributed by atoms with van der Waals surface area (Å²) in [5.41, 5.74) is 2.25. The highest BCUT2D eigenvalue weighted by atomic mass is 16.7. The molecule has 1 saturated heterocycles. The normalized spacial score (nSPS) is 18.1. The zero-order valence-corrected chi connectivity index (χ0v) is 17.1. The number of carbonyl (C=O) groups excluding carboxylic acids is 3. The topological polar surface area (TPSA) is 101 Å². The first-order valence-corrected chi connectivity index (χ1v) is 9.91. The quantitative estimate of drug-likeness (QED) is 0.735. The van der Waals surface area contributed by atoms with E-state index in [1.807, 2.05) is 17.9 Å². The van der Waals surface area contributed by atoms with Gasteiger partial charge in [0.15, 0.2) is 17.3 Å². The number of allylic oxidation sites excluding steroid dienone is 2. The van der Waals surface area contributed by atoms with E-state index in [4.69, 9.17) is 9.47 Å². The van der Waals surface area contributed by atoms with Crippen LogP contribution >= 0.6 is 0 Å². The second-order valence-corrected chi connectivity index (χ2v) is 7.53. The average molecular weight is 412 g/mol. The lowest BCUT2D eigenvalue weighted by Gasteiger charge is -2.34. The van der Waals surface area contributed by atoms with Crippen LogP contribution < -0.4 is 14.8 Å². The van der Waals surface area contributed by atoms with Crippen LogP contribution in [0.4, 0.5) is 5.69 Å². The van der Waals surface area contributed by atoms with E-state index in [2.05, 4.69) is 10.3 Å². The third-order valence-corrected chi connectivity index (χ3v) is 5.34. The molecular formula is C21H24N4O5. The number of nitrogens with one attached hydrogen (secondary N) is 1. The summed E-state index contributed by atoms with van der Waals surface area (Å²) >= 11 is 0. The number of aliphatic imine (C=N–C) groups is 1. The highest BCUT2D eigenvalue weighted by molar-refractivity contribution is 6.39. The highest BCUT2D eigenvalue weighted by Gasteiger charge is 2.27. The maximum absolute atomic E-state index is 12.6. The van der Waals surface area contributed by atoms with Crippen LogP contribution in [-0.4, -0.2) is 72.6 Å². The summed E-state index contributed by atoms with van der Waals surface area (Å²) in [4.78, 5) is 45.1. The molecular weight excluding hydrogens is 388 g/mol. The Morgan fingerprint density at radius 2 is 1.80 bits per heavy atom. The van der Waals surface area contributed by atoms with Gasteiger partial charge in [0.1, 0.15) is 5.71 Å². The minimum Gasteiger partial charge on any atom is -0.454 e. The number of rotatable bonds is 5. The first kappa shape index (κ1) is 20.1. The molecule has 2 amide bonds. The number of ether oxygens (including phenoxy) is 2. The molecule has 3 heterocycles. The average Bonchev–Trinajstić information content (AvgIpc) is 3.35. The van der Waals surface area contributed by atoms with Gasteiger partial charge in [0.05, 0.1) is 12.2 Å². The number of ketones is 1. The fourth-order valence-corrected chi connectivity index (χ4v) is 3.70. The molecule has 3 aliphatic heterocycles. The number of carbonyl (C=O) groups is 3. The molecule has 158 valence electrons. The molecule has 0 spiro atoms. The van der Waals surface area contributed by atoms with Crippen molar-refractivity contribution in [1.82, 2.24) is 9.80 Å². The predicted molar refractivity (Wildman–Crippen MR) is 110 cm³/mol. The second-order valence-electron chi connectivity index (χ2n) is 7.53. The van der Waals surface area contributed by atoms with Gasteiger partial charge in [-0.2, -0.15) is 0 Å². The zero-order chi connectivity index (χ0) is 21.3. The van der Waals surface area contributed by atoms with Gasteiger partial charge in [-0.1, -0.05) is 6.08 Å². The van der Waals surface area contributed by atoms with Gasteiger partial charge in [-0.05, 0) is 19.9 Å². The zero-order valence-electron chi connectivity index (χ0n) is 17.1. The number of fused-ring (bicyclic) bond motifs is 1. The maximum Gasteiger partial charge on any atom is 0.268 e. The number of Topliss-reactive ketones (excluding diaryl/α,β-unsaturated/α-hetero) is 1. The molecule has 0 saturated carbocycles. The van der Waals surface area contributed by atoms with Gasteiger partial charge in [-0.3, -0.25) is 24.3 Å². The third-order valence-electron chi connectivity index (χ3n) is 5.34. The van der Waals surface area contributed by atoms with E-state index in [1.54, 1.807) is 17.0 Å². The van der Waals surface area contributed by atoms with Gasteiger partial charge in [-0.25, -0.2) is 0 Å². The van der Waals surface area contributed by atoms with Gasteiger partial charge in [0.2, 0.25) is 12.7 Å². The molecule has 9 nitrogen and oxygen atoms in total. The molecule has 3 aliphatic rings. The van der Waals surface area contributed by atoms with E-state index < -0.39 is 0 Å². The van der Waals surface area contributed by atoms with E-state index in [1.165, 1.54) is 6.92 Å². The minimum absolute atomic E-state index is 0.0290. The van der Waals surface area contributed by atoms with Gasteiger partial charge < -0.3 is 19.7 Å². The first-order chi connectivity index (χ1) is 14.4. The molecule has 4 rings (SSSR count). The monoisotopic (exact) mass is 412 g/mol. The van der Waals surface area contributed by atoms with Crippen LogP contribution in [0, 0.1) is 0 Å². The maximum atomic E-state index is 12.6. The smallest absolute Gasteiger partial charge is 0.268 e. The van der Waals surface area contributed by atoms with Crippen molar-refractivity contribution in [1.29, 1.82) is 0 Å². The minimum atomic E-state index is -0.226. The lowest BCUT2D eigenvalue weighted by atomic mass is 10.1. The summed E-state index contributed by atoms with van der Waals surface area (Å²) in [6.45, 7) is 5.88. The summed E-state index contributed by atoms with van der Waals surface area (Å²) in [5, 5.41) is 2.81. The third kappa shape index (κ3) is 4.20. The van der Waals surface area contributed by atoms with Gasteiger partial charge in [-0.15, -0.1) is 0 Å². The Morgan fingerprint density at radius 1 is 1.10 bits per heavy atom. The summed E-state index contributed by atoms with van der Waals surface area (Å²) in [7, 11) is 0. The van der Waals surface area contributed by atoms with Crippen LogP contribution in [0.15, 0.2) is 28.9 Å². The lowest BCUT2D eigenvalue weighted by molar-refractivity contribution is -0.126. The predicted octanol–water partition coefficient (Wildman–Crippen LogP) is 1.45. The van der Waals surface area contributed by atoms with Crippen LogP contribution in [-0.2, 0) is 9.59 Å². The number of hydrogen-bond donors (Lipinski definition) is 1. The van der Waals surface area contributed by atoms with Crippen LogP contribution in [0.2, 0.25) is 0 Å². The summed E-state index contributed by atoms with van der Waals surface area (Å²) in [6.07, 6.45) is 2.53. The van der Waals surface area contributed by atoms with Crippen molar-refractivity contribution in [2.24, 2.45) is 4.99 Å². The molecule has 0 atom stereocenters. The number of amides is 2. The summed E-state index contributed by atoms with van der Waals surface area (Å²) in [5.74, 6) is 0.573. The number of nitrogens with zero attached hydrogens (tertiary/aromatic N) is 3. The molecule has 0 radical (unpaired) electrons. The van der Waals surface area contributed by atoms with Crippen molar-refractivity contribution in [3.63, 3.8) is 0 Å². The molecule has 9 heteroatoms. The molecule has 0 bridgehead atoms. The Kier molecular flexibility index (Phi) is 5.54. The number of benzene rings is 1. The van der Waals surface area contributed by atoms with Crippen molar-refractivity contribution in [3.05, 3.63) is 29.5 Å². The molecule has 30 heavy (non-hydrogen) atoms. The van der Waals surface area contributed by atoms with Crippen molar-refractivity contribution in [3.8, 4) is 11.5 Å². The largest absolute Gasteiger partial charge is 0.454 e. The number of piperazine rings is 1. The highest BCUT2D eigenvalue weighted by Crippen LogP contribution is 2.37. The van der Waals surface area contributed by atoms with Gasteiger partial charge in [0.25, 0.3) is 5.91 Å². The Hall–Kier alpha value is -3.20. The van der Waals surface area contributed by atoms with E-state index in [-0.39, 0.29) is 30.9 Å². The van der Waals surface area contributed by atoms with Crippen molar-refractivity contribution >= 4 is 29.0 Å². The van der Waals surface area contributed by atoms with E-state index in [0.717, 1.165) is 5.70 Å². The SMILES string of the molecule is CC(=O)c1cc2c(cc1NC(=O)CN1CCN(C(=O)C3=NC(C)=CC3)CC1)OCO2. The van der Waals surface area contributed by atoms with Crippen LogP contribution in [0.3, 0.4) is 0 Å². The molecule has 1 fully saturated rings. The van der Waals surface area contributed by atoms with Gasteiger partial charge in [0, 0.05) is 49.9 Å². The standard InChI is InChI=1S/C21H24N4O5/c1-13-3-4-16(22-13)21(28)25-7-5-24(6-8-25)11-20(27)23-17-10-19-18(29-12-30-19)9-15(17)14(2)26/h3,9-10H,4-8,11-12H2,1-2H3,(H,23,27). The molecule has 0 aromatic heterocycles. The van der Waals surface area contributed by atoms with Gasteiger partial charge >= 0.3 is 0 Å². The molecule has 1 aromatic carbocycles. The number of hydrogen-bond acceptors (Lipinski definition) is 7. The van der Waals surface area contributed by atoms with Crippen LogP contribution in [0.5, 0.6) is 11.5 Å². The Labute approximate surface area is 174 Å². The van der Waals surface area contributed by atoms with Crippen LogP contribution in [0.25, 0.3) is 0 Å². The van der Waals surface area contributed by atoms with E-state index in [9.17, 15) is 14.4 Å². The Morgan fingerprint density at radius 3 is 2.43 bits per heavy atom. The fraction of sp³-hybridized carbons (Fsp3) is 0.429. The lowest BCUT2D eigenvalue weighted by Crippen LogP contribution is -2.51. The molecule has 0 unspecified atom stereocenters. The molecule has 0 aliphatic carbocycles. The van der Waals surface area contributed by atoms with Crippen molar-refractivity contribution < 1.29 is 23.9 Å². The summed E-state index contributed by atoms with van der Waals surface area (Å²) < 4.78 is 10.6. The summed E-state index contributed by atoms with van der Waals surface area (Å²) in [6, 6.07) is 3.21. The Balaban J connectivity index is 1.32. The number of anilines is 1.